The van der Waals surface area contributed by atoms with E-state index in [1.165, 1.54) is 24.3 Å². The Morgan fingerprint density at radius 2 is 2.03 bits per heavy atom. The highest BCUT2D eigenvalue weighted by Gasteiger charge is 2.31. The minimum absolute atomic E-state index is 0.112. The topological polar surface area (TPSA) is 160 Å². The summed E-state index contributed by atoms with van der Waals surface area (Å²) in [6.45, 7) is 6.26. The normalized spacial score (nSPS) is 17.0. The lowest BCUT2D eigenvalue weighted by atomic mass is 10.0. The molecule has 1 unspecified atom stereocenters. The SMILES string of the molecule is COC(=O)c1cc(C#N)c(N(N)C2CCCCN(C(=O)OC(C)(C)C)C2)c(N=NN)c1. The second-order valence-corrected chi connectivity index (χ2v) is 8.19. The quantitative estimate of drug-likeness (QED) is 0.318. The number of benzene rings is 1. The summed E-state index contributed by atoms with van der Waals surface area (Å²) in [5, 5.41) is 18.2. The van der Waals surface area contributed by atoms with Crippen LogP contribution in [0.25, 0.3) is 0 Å². The maximum Gasteiger partial charge on any atom is 0.410 e. The number of nitriles is 1. The minimum Gasteiger partial charge on any atom is -0.465 e. The monoisotopic (exact) mass is 431 g/mol. The van der Waals surface area contributed by atoms with Crippen LogP contribution < -0.4 is 16.7 Å². The molecule has 1 amide bonds. The lowest BCUT2D eigenvalue weighted by Crippen LogP contribution is -2.49. The van der Waals surface area contributed by atoms with Crippen molar-refractivity contribution < 1.29 is 19.1 Å². The Morgan fingerprint density at radius 3 is 2.61 bits per heavy atom. The lowest BCUT2D eigenvalue weighted by molar-refractivity contribution is 0.0248. The Hall–Kier alpha value is -3.39. The molecule has 2 rings (SSSR count). The van der Waals surface area contributed by atoms with Crippen molar-refractivity contribution in [3.8, 4) is 6.07 Å². The molecule has 1 aliphatic rings. The second kappa shape index (κ2) is 10.1. The van der Waals surface area contributed by atoms with Gasteiger partial charge in [0.15, 0.2) is 0 Å². The van der Waals surface area contributed by atoms with Crippen LogP contribution in [0.1, 0.15) is 56.0 Å². The number of ether oxygens (including phenoxy) is 2. The van der Waals surface area contributed by atoms with E-state index in [0.717, 1.165) is 12.8 Å². The molecule has 1 fully saturated rings. The summed E-state index contributed by atoms with van der Waals surface area (Å²) in [5.41, 5.74) is 0.0295. The molecule has 1 aromatic rings. The summed E-state index contributed by atoms with van der Waals surface area (Å²) in [7, 11) is 1.23. The third-order valence-electron chi connectivity index (χ3n) is 4.75. The number of anilines is 1. The molecular formula is C20H29N7O4. The summed E-state index contributed by atoms with van der Waals surface area (Å²) in [6.07, 6.45) is 1.88. The van der Waals surface area contributed by atoms with Crippen LogP contribution in [-0.4, -0.2) is 48.8 Å². The summed E-state index contributed by atoms with van der Waals surface area (Å²) >= 11 is 0. The largest absolute Gasteiger partial charge is 0.465 e. The van der Waals surface area contributed by atoms with Gasteiger partial charge in [0.1, 0.15) is 17.4 Å². The van der Waals surface area contributed by atoms with Crippen LogP contribution in [0, 0.1) is 11.3 Å². The highest BCUT2D eigenvalue weighted by atomic mass is 16.6. The number of amides is 1. The van der Waals surface area contributed by atoms with E-state index in [9.17, 15) is 14.9 Å². The molecule has 0 radical (unpaired) electrons. The van der Waals surface area contributed by atoms with E-state index in [4.69, 9.17) is 21.2 Å². The predicted molar refractivity (Wildman–Crippen MR) is 113 cm³/mol. The van der Waals surface area contributed by atoms with Gasteiger partial charge in [0.25, 0.3) is 0 Å². The maximum absolute atomic E-state index is 12.6. The van der Waals surface area contributed by atoms with Gasteiger partial charge >= 0.3 is 12.1 Å². The number of hydrogen-bond acceptors (Lipinski definition) is 9. The van der Waals surface area contributed by atoms with Crippen LogP contribution in [0.15, 0.2) is 22.5 Å². The first-order valence-corrected chi connectivity index (χ1v) is 9.90. The number of rotatable bonds is 4. The average molecular weight is 431 g/mol. The van der Waals surface area contributed by atoms with Gasteiger partial charge in [0, 0.05) is 13.1 Å². The third-order valence-corrected chi connectivity index (χ3v) is 4.75. The molecule has 1 aromatic carbocycles. The Labute approximate surface area is 181 Å². The van der Waals surface area contributed by atoms with E-state index in [1.807, 2.05) is 26.8 Å². The van der Waals surface area contributed by atoms with Crippen LogP contribution in [0.2, 0.25) is 0 Å². The van der Waals surface area contributed by atoms with E-state index in [-0.39, 0.29) is 28.5 Å². The average Bonchev–Trinajstić information content (AvgIpc) is 2.97. The Bertz CT molecular complexity index is 889. The number of carbonyl (C=O) groups excluding carboxylic acids is 2. The van der Waals surface area contributed by atoms with Crippen LogP contribution in [0.5, 0.6) is 0 Å². The van der Waals surface area contributed by atoms with Crippen molar-refractivity contribution in [3.05, 3.63) is 23.3 Å². The van der Waals surface area contributed by atoms with Gasteiger partial charge in [0.2, 0.25) is 0 Å². The second-order valence-electron chi connectivity index (χ2n) is 8.19. The van der Waals surface area contributed by atoms with Crippen LogP contribution in [-0.2, 0) is 9.47 Å². The predicted octanol–water partition coefficient (Wildman–Crippen LogP) is 2.77. The van der Waals surface area contributed by atoms with Crippen molar-refractivity contribution >= 4 is 23.4 Å². The molecule has 31 heavy (non-hydrogen) atoms. The summed E-state index contributed by atoms with van der Waals surface area (Å²) in [5.74, 6) is 11.0. The molecule has 1 heterocycles. The number of methoxy groups -OCH3 is 1. The van der Waals surface area contributed by atoms with Gasteiger partial charge in [-0.25, -0.2) is 15.4 Å². The highest BCUT2D eigenvalue weighted by molar-refractivity contribution is 5.93. The number of carbonyl (C=O) groups is 2. The molecule has 0 saturated carbocycles. The fraction of sp³-hybridized carbons (Fsp3) is 0.550. The van der Waals surface area contributed by atoms with Gasteiger partial charge in [-0.05, 0) is 52.2 Å². The number of hydrogen-bond donors (Lipinski definition) is 2. The van der Waals surface area contributed by atoms with E-state index in [2.05, 4.69) is 10.3 Å². The number of hydrazine groups is 1. The number of likely N-dealkylation sites (tertiary alicyclic amines) is 1. The van der Waals surface area contributed by atoms with E-state index >= 15 is 0 Å². The first-order valence-electron chi connectivity index (χ1n) is 9.90. The summed E-state index contributed by atoms with van der Waals surface area (Å²) in [6, 6.07) is 4.49. The summed E-state index contributed by atoms with van der Waals surface area (Å²) < 4.78 is 10.2. The Kier molecular flexibility index (Phi) is 7.77. The molecule has 0 aromatic heterocycles. The highest BCUT2D eigenvalue weighted by Crippen LogP contribution is 2.35. The van der Waals surface area contributed by atoms with Gasteiger partial charge < -0.3 is 25.2 Å². The van der Waals surface area contributed by atoms with E-state index < -0.39 is 17.7 Å². The number of nitrogens with two attached hydrogens (primary N) is 2. The van der Waals surface area contributed by atoms with Crippen LogP contribution in [0.4, 0.5) is 16.2 Å². The third kappa shape index (κ3) is 6.05. The lowest BCUT2D eigenvalue weighted by Gasteiger charge is -2.33. The van der Waals surface area contributed by atoms with Crippen molar-refractivity contribution in [1.29, 1.82) is 5.26 Å². The molecule has 168 valence electrons. The fourth-order valence-electron chi connectivity index (χ4n) is 3.37. The Balaban J connectivity index is 2.41. The molecule has 11 heteroatoms. The van der Waals surface area contributed by atoms with Gasteiger partial charge in [-0.15, -0.1) is 5.11 Å². The van der Waals surface area contributed by atoms with Gasteiger partial charge in [-0.3, -0.25) is 0 Å². The summed E-state index contributed by atoms with van der Waals surface area (Å²) in [4.78, 5) is 26.2. The zero-order valence-electron chi connectivity index (χ0n) is 18.3. The smallest absolute Gasteiger partial charge is 0.410 e. The fourth-order valence-corrected chi connectivity index (χ4v) is 3.37. The van der Waals surface area contributed by atoms with Crippen molar-refractivity contribution in [3.63, 3.8) is 0 Å². The molecule has 1 saturated heterocycles. The molecule has 1 atom stereocenters. The number of nitrogens with zero attached hydrogens (tertiary/aromatic N) is 5. The molecule has 0 bridgehead atoms. The first-order chi connectivity index (χ1) is 14.6. The zero-order chi connectivity index (χ0) is 23.2. The van der Waals surface area contributed by atoms with Crippen LogP contribution >= 0.6 is 0 Å². The van der Waals surface area contributed by atoms with Gasteiger partial charge in [-0.2, -0.15) is 5.26 Å². The molecule has 0 spiro atoms. The van der Waals surface area contributed by atoms with Crippen molar-refractivity contribution in [2.45, 2.75) is 51.7 Å². The Morgan fingerprint density at radius 1 is 1.32 bits per heavy atom. The van der Waals surface area contributed by atoms with Crippen molar-refractivity contribution in [2.24, 2.45) is 22.0 Å². The molecule has 4 N–H and O–H groups in total. The molecule has 11 nitrogen and oxygen atoms in total. The first kappa shape index (κ1) is 23.9. The molecule has 0 aliphatic carbocycles. The standard InChI is InChI=1S/C20H29N7O4/c1-20(2,3)31-19(29)26-8-6-5-7-15(12-26)27(23)17-14(11-21)9-13(18(28)30-4)10-16(17)24-25-22/h9-10,15H,5-8,12,23H2,1-4H3,(H2,22,24). The van der Waals surface area contributed by atoms with Crippen molar-refractivity contribution in [2.75, 3.05) is 25.2 Å². The van der Waals surface area contributed by atoms with E-state index in [1.54, 1.807) is 4.90 Å². The van der Waals surface area contributed by atoms with Gasteiger partial charge in [-0.1, -0.05) is 5.22 Å². The van der Waals surface area contributed by atoms with Crippen LogP contribution in [0.3, 0.4) is 0 Å². The van der Waals surface area contributed by atoms with Gasteiger partial charge in [0.05, 0.1) is 30.0 Å². The molecule has 1 aliphatic heterocycles. The van der Waals surface area contributed by atoms with Crippen molar-refractivity contribution in [1.82, 2.24) is 4.90 Å². The zero-order valence-corrected chi connectivity index (χ0v) is 18.3. The maximum atomic E-state index is 12.6. The van der Waals surface area contributed by atoms with E-state index in [0.29, 0.717) is 19.5 Å². The number of esters is 1. The molecular weight excluding hydrogens is 402 g/mol. The minimum atomic E-state index is -0.634.